The summed E-state index contributed by atoms with van der Waals surface area (Å²) in [7, 11) is 0. The summed E-state index contributed by atoms with van der Waals surface area (Å²) in [5.74, 6) is -0.772. The van der Waals surface area contributed by atoms with Crippen molar-refractivity contribution in [3.05, 3.63) is 0 Å². The molecule has 0 saturated carbocycles. The SMILES string of the molecule is Cl.O=C(O)[C@@H]1CC(S)CN1. The highest BCUT2D eigenvalue weighted by atomic mass is 35.5. The molecule has 0 bridgehead atoms. The molecule has 0 aromatic heterocycles. The van der Waals surface area contributed by atoms with Crippen LogP contribution in [0.25, 0.3) is 0 Å². The lowest BCUT2D eigenvalue weighted by molar-refractivity contribution is -0.139. The Bertz CT molecular complexity index is 133. The zero-order valence-corrected chi connectivity index (χ0v) is 6.99. The number of nitrogens with one attached hydrogen (secondary N) is 1. The van der Waals surface area contributed by atoms with E-state index in [0.717, 1.165) is 0 Å². The molecule has 0 amide bonds. The second kappa shape index (κ2) is 4.05. The molecule has 0 aromatic rings. The number of aliphatic carboxylic acids is 1. The average molecular weight is 184 g/mol. The van der Waals surface area contributed by atoms with E-state index in [1.807, 2.05) is 0 Å². The predicted octanol–water partition coefficient (Wildman–Crippen LogP) is 0.153. The first-order valence-corrected chi connectivity index (χ1v) is 3.36. The molecule has 1 unspecified atom stereocenters. The van der Waals surface area contributed by atoms with Gasteiger partial charge in [0.15, 0.2) is 0 Å². The normalized spacial score (nSPS) is 31.3. The van der Waals surface area contributed by atoms with Crippen molar-refractivity contribution in [2.24, 2.45) is 0 Å². The number of hydrogen-bond donors (Lipinski definition) is 3. The highest BCUT2D eigenvalue weighted by molar-refractivity contribution is 7.81. The average Bonchev–Trinajstić information content (AvgIpc) is 2.14. The maximum absolute atomic E-state index is 10.3. The molecular weight excluding hydrogens is 174 g/mol. The van der Waals surface area contributed by atoms with Crippen molar-refractivity contribution in [2.45, 2.75) is 17.7 Å². The summed E-state index contributed by atoms with van der Waals surface area (Å²) in [4.78, 5) is 10.3. The zero-order valence-electron chi connectivity index (χ0n) is 5.28. The largest absolute Gasteiger partial charge is 0.480 e. The van der Waals surface area contributed by atoms with E-state index < -0.39 is 5.97 Å². The van der Waals surface area contributed by atoms with Gasteiger partial charge < -0.3 is 10.4 Å². The van der Waals surface area contributed by atoms with Gasteiger partial charge in [-0.2, -0.15) is 12.6 Å². The number of hydrogen-bond acceptors (Lipinski definition) is 3. The van der Waals surface area contributed by atoms with Crippen molar-refractivity contribution in [3.8, 4) is 0 Å². The first-order valence-electron chi connectivity index (χ1n) is 2.84. The lowest BCUT2D eigenvalue weighted by Crippen LogP contribution is -2.29. The summed E-state index contributed by atoms with van der Waals surface area (Å²) in [5.41, 5.74) is 0. The molecule has 3 nitrogen and oxygen atoms in total. The molecule has 1 fully saturated rings. The molecule has 1 rings (SSSR count). The van der Waals surface area contributed by atoms with Gasteiger partial charge >= 0.3 is 5.97 Å². The second-order valence-electron chi connectivity index (χ2n) is 2.19. The Labute approximate surface area is 71.0 Å². The van der Waals surface area contributed by atoms with Gasteiger partial charge in [0, 0.05) is 11.8 Å². The van der Waals surface area contributed by atoms with Crippen LogP contribution >= 0.6 is 25.0 Å². The lowest BCUT2D eigenvalue weighted by atomic mass is 10.2. The summed E-state index contributed by atoms with van der Waals surface area (Å²) in [5, 5.41) is 11.5. The standard InChI is InChI=1S/C5H9NO2S.ClH/c7-5(8)4-1-3(9)2-6-4;/h3-4,6,9H,1-2H2,(H,7,8);1H/t3?,4-;/m0./s1. The molecule has 60 valence electrons. The maximum Gasteiger partial charge on any atom is 0.320 e. The highest BCUT2D eigenvalue weighted by Gasteiger charge is 2.26. The van der Waals surface area contributed by atoms with Gasteiger partial charge in [0.25, 0.3) is 0 Å². The number of halogens is 1. The fourth-order valence-electron chi connectivity index (χ4n) is 0.905. The van der Waals surface area contributed by atoms with E-state index in [-0.39, 0.29) is 23.7 Å². The Morgan fingerprint density at radius 1 is 1.70 bits per heavy atom. The third-order valence-corrected chi connectivity index (χ3v) is 1.80. The molecule has 5 heteroatoms. The fraction of sp³-hybridized carbons (Fsp3) is 0.800. The number of carboxylic acids is 1. The van der Waals surface area contributed by atoms with E-state index in [0.29, 0.717) is 13.0 Å². The van der Waals surface area contributed by atoms with Gasteiger partial charge in [-0.1, -0.05) is 0 Å². The van der Waals surface area contributed by atoms with E-state index >= 15 is 0 Å². The van der Waals surface area contributed by atoms with Crippen molar-refractivity contribution in [3.63, 3.8) is 0 Å². The third-order valence-electron chi connectivity index (χ3n) is 1.41. The molecule has 2 N–H and O–H groups in total. The van der Waals surface area contributed by atoms with Crippen LogP contribution in [0.5, 0.6) is 0 Å². The molecule has 0 aliphatic carbocycles. The van der Waals surface area contributed by atoms with Crippen LogP contribution in [0.4, 0.5) is 0 Å². The van der Waals surface area contributed by atoms with E-state index in [4.69, 9.17) is 5.11 Å². The number of carboxylic acid groups (broad SMARTS) is 1. The Hall–Kier alpha value is 0.0700. The summed E-state index contributed by atoms with van der Waals surface area (Å²) in [6.45, 7) is 0.708. The molecule has 1 aliphatic heterocycles. The Morgan fingerprint density at radius 3 is 2.50 bits per heavy atom. The summed E-state index contributed by atoms with van der Waals surface area (Å²) >= 11 is 4.12. The molecule has 1 saturated heterocycles. The van der Waals surface area contributed by atoms with Crippen molar-refractivity contribution in [1.82, 2.24) is 5.32 Å². The van der Waals surface area contributed by atoms with Crippen LogP contribution in [-0.4, -0.2) is 28.9 Å². The number of thiol groups is 1. The van der Waals surface area contributed by atoms with Gasteiger partial charge in [-0.25, -0.2) is 0 Å². The summed E-state index contributed by atoms with van der Waals surface area (Å²) in [6.07, 6.45) is 0.637. The fourth-order valence-corrected chi connectivity index (χ4v) is 1.22. The number of rotatable bonds is 1. The van der Waals surface area contributed by atoms with Crippen LogP contribution < -0.4 is 5.32 Å². The Balaban J connectivity index is 0.000000810. The third kappa shape index (κ3) is 2.36. The van der Waals surface area contributed by atoms with Crippen molar-refractivity contribution in [1.29, 1.82) is 0 Å². The van der Waals surface area contributed by atoms with Gasteiger partial charge in [0.2, 0.25) is 0 Å². The molecule has 0 aromatic carbocycles. The van der Waals surface area contributed by atoms with Crippen LogP contribution in [0.1, 0.15) is 6.42 Å². The van der Waals surface area contributed by atoms with Gasteiger partial charge in [0.05, 0.1) is 0 Å². The number of carbonyl (C=O) groups is 1. The smallest absolute Gasteiger partial charge is 0.320 e. The highest BCUT2D eigenvalue weighted by Crippen LogP contribution is 2.11. The molecule has 1 heterocycles. The molecule has 2 atom stereocenters. The van der Waals surface area contributed by atoms with E-state index in [1.54, 1.807) is 0 Å². The van der Waals surface area contributed by atoms with E-state index in [1.165, 1.54) is 0 Å². The van der Waals surface area contributed by atoms with Gasteiger partial charge in [-0.3, -0.25) is 4.79 Å². The van der Waals surface area contributed by atoms with Gasteiger partial charge in [-0.15, -0.1) is 12.4 Å². The van der Waals surface area contributed by atoms with Crippen LogP contribution in [0.2, 0.25) is 0 Å². The summed E-state index contributed by atoms with van der Waals surface area (Å²) < 4.78 is 0. The van der Waals surface area contributed by atoms with Crippen molar-refractivity contribution < 1.29 is 9.90 Å². The molecule has 0 radical (unpaired) electrons. The monoisotopic (exact) mass is 183 g/mol. The van der Waals surface area contributed by atoms with Gasteiger partial charge in [-0.05, 0) is 6.42 Å². The van der Waals surface area contributed by atoms with Crippen LogP contribution in [-0.2, 0) is 4.79 Å². The van der Waals surface area contributed by atoms with E-state index in [2.05, 4.69) is 17.9 Å². The first-order chi connectivity index (χ1) is 4.20. The predicted molar refractivity (Wildman–Crippen MR) is 44.1 cm³/mol. The minimum absolute atomic E-state index is 0. The maximum atomic E-state index is 10.3. The van der Waals surface area contributed by atoms with Crippen LogP contribution in [0, 0.1) is 0 Å². The van der Waals surface area contributed by atoms with Crippen molar-refractivity contribution >= 4 is 31.0 Å². The van der Waals surface area contributed by atoms with Crippen LogP contribution in [0.3, 0.4) is 0 Å². The minimum atomic E-state index is -0.772. The van der Waals surface area contributed by atoms with Crippen molar-refractivity contribution in [2.75, 3.05) is 6.54 Å². The lowest BCUT2D eigenvalue weighted by Gasteiger charge is -1.99. The Kier molecular flexibility index (Phi) is 4.08. The van der Waals surface area contributed by atoms with E-state index in [9.17, 15) is 4.79 Å². The molecule has 0 spiro atoms. The molecule has 1 aliphatic rings. The first kappa shape index (κ1) is 10.1. The Morgan fingerprint density at radius 2 is 2.30 bits per heavy atom. The zero-order chi connectivity index (χ0) is 6.85. The summed E-state index contributed by atoms with van der Waals surface area (Å²) in [6, 6.07) is -0.368. The quantitative estimate of drug-likeness (QED) is 0.508. The second-order valence-corrected chi connectivity index (χ2v) is 2.92. The van der Waals surface area contributed by atoms with Crippen LogP contribution in [0.15, 0.2) is 0 Å². The topological polar surface area (TPSA) is 49.3 Å². The minimum Gasteiger partial charge on any atom is -0.480 e. The molecule has 10 heavy (non-hydrogen) atoms. The molecular formula is C5H10ClNO2S. The van der Waals surface area contributed by atoms with Gasteiger partial charge in [0.1, 0.15) is 6.04 Å².